The van der Waals surface area contributed by atoms with Gasteiger partial charge >= 0.3 is 0 Å². The number of halogens is 1. The summed E-state index contributed by atoms with van der Waals surface area (Å²) in [6.07, 6.45) is -0.182. The van der Waals surface area contributed by atoms with E-state index < -0.39 is 0 Å². The molecule has 3 heterocycles. The number of ether oxygens (including phenoxy) is 2. The summed E-state index contributed by atoms with van der Waals surface area (Å²) in [5.74, 6) is 0.241. The monoisotopic (exact) mass is 481 g/mol. The average Bonchev–Trinajstić information content (AvgIpc) is 3.31. The van der Waals surface area contributed by atoms with E-state index >= 15 is 0 Å². The second-order valence-corrected chi connectivity index (χ2v) is 8.64. The van der Waals surface area contributed by atoms with Crippen LogP contribution in [-0.4, -0.2) is 69.9 Å². The number of amides is 2. The number of piperazine rings is 1. The molecule has 0 aliphatic carbocycles. The third kappa shape index (κ3) is 4.24. The highest BCUT2D eigenvalue weighted by Gasteiger charge is 2.32. The van der Waals surface area contributed by atoms with E-state index in [-0.39, 0.29) is 24.5 Å². The Morgan fingerprint density at radius 1 is 1.00 bits per heavy atom. The van der Waals surface area contributed by atoms with Crippen LogP contribution in [0, 0.1) is 0 Å². The topological polar surface area (TPSA) is 89.8 Å². The fraction of sp³-hybridized carbons (Fsp3) is 0.333. The third-order valence-electron chi connectivity index (χ3n) is 6.23. The van der Waals surface area contributed by atoms with E-state index in [1.54, 1.807) is 33.7 Å². The zero-order valence-electron chi connectivity index (χ0n) is 18.7. The van der Waals surface area contributed by atoms with Crippen molar-refractivity contribution in [2.24, 2.45) is 0 Å². The Labute approximate surface area is 201 Å². The SMILES string of the molecule is COc1ccccc1C(=O)N1CCN(C(=O)c2nnn3c2CO[C@H](c2ccc(Cl)cc2)C3)CC1. The lowest BCUT2D eigenvalue weighted by Crippen LogP contribution is -2.50. The molecule has 2 amide bonds. The Morgan fingerprint density at radius 2 is 1.68 bits per heavy atom. The van der Waals surface area contributed by atoms with Crippen molar-refractivity contribution in [3.63, 3.8) is 0 Å². The maximum absolute atomic E-state index is 13.2. The van der Waals surface area contributed by atoms with E-state index in [1.807, 2.05) is 36.4 Å². The van der Waals surface area contributed by atoms with Crippen LogP contribution in [0.2, 0.25) is 5.02 Å². The molecule has 3 aromatic rings. The van der Waals surface area contributed by atoms with Crippen molar-refractivity contribution in [1.29, 1.82) is 0 Å². The van der Waals surface area contributed by atoms with Crippen LogP contribution >= 0.6 is 11.6 Å². The molecule has 1 aromatic heterocycles. The van der Waals surface area contributed by atoms with Crippen molar-refractivity contribution in [2.45, 2.75) is 19.3 Å². The first kappa shape index (κ1) is 22.4. The van der Waals surface area contributed by atoms with Crippen LogP contribution in [0.4, 0.5) is 0 Å². The molecular formula is C24H24ClN5O4. The van der Waals surface area contributed by atoms with Crippen molar-refractivity contribution >= 4 is 23.4 Å². The number of rotatable bonds is 4. The Balaban J connectivity index is 1.23. The molecule has 0 unspecified atom stereocenters. The van der Waals surface area contributed by atoms with Crippen molar-refractivity contribution in [3.05, 3.63) is 76.1 Å². The molecular weight excluding hydrogens is 458 g/mol. The van der Waals surface area contributed by atoms with Gasteiger partial charge in [0.1, 0.15) is 11.9 Å². The van der Waals surface area contributed by atoms with Gasteiger partial charge in [0.2, 0.25) is 0 Å². The van der Waals surface area contributed by atoms with E-state index in [2.05, 4.69) is 10.3 Å². The van der Waals surface area contributed by atoms with Gasteiger partial charge in [-0.15, -0.1) is 5.10 Å². The minimum absolute atomic E-state index is 0.104. The summed E-state index contributed by atoms with van der Waals surface area (Å²) in [6.45, 7) is 2.41. The normalized spacial score (nSPS) is 17.9. The molecule has 176 valence electrons. The highest BCUT2D eigenvalue weighted by molar-refractivity contribution is 6.30. The Bertz CT molecular complexity index is 1200. The summed E-state index contributed by atoms with van der Waals surface area (Å²) in [5, 5.41) is 9.03. The van der Waals surface area contributed by atoms with Crippen molar-refractivity contribution in [2.75, 3.05) is 33.3 Å². The number of hydrogen-bond donors (Lipinski definition) is 0. The summed E-state index contributed by atoms with van der Waals surface area (Å²) >= 11 is 5.98. The second-order valence-electron chi connectivity index (χ2n) is 8.20. The summed E-state index contributed by atoms with van der Waals surface area (Å²) < 4.78 is 13.1. The predicted octanol–water partition coefficient (Wildman–Crippen LogP) is 2.81. The minimum atomic E-state index is -0.195. The second kappa shape index (κ2) is 9.44. The largest absolute Gasteiger partial charge is 0.496 e. The van der Waals surface area contributed by atoms with E-state index in [4.69, 9.17) is 21.1 Å². The number of methoxy groups -OCH3 is 1. The molecule has 1 saturated heterocycles. The van der Waals surface area contributed by atoms with Crippen LogP contribution in [0.25, 0.3) is 0 Å². The zero-order chi connectivity index (χ0) is 23.7. The van der Waals surface area contributed by atoms with Gasteiger partial charge in [-0.2, -0.15) is 0 Å². The Morgan fingerprint density at radius 3 is 2.38 bits per heavy atom. The maximum Gasteiger partial charge on any atom is 0.276 e. The number of carbonyl (C=O) groups is 2. The van der Waals surface area contributed by atoms with Crippen molar-refractivity contribution < 1.29 is 19.1 Å². The zero-order valence-corrected chi connectivity index (χ0v) is 19.4. The van der Waals surface area contributed by atoms with Gasteiger partial charge in [-0.25, -0.2) is 4.68 Å². The van der Waals surface area contributed by atoms with Crippen molar-refractivity contribution in [1.82, 2.24) is 24.8 Å². The number of nitrogens with zero attached hydrogens (tertiary/aromatic N) is 5. The molecule has 9 nitrogen and oxygen atoms in total. The van der Waals surface area contributed by atoms with Gasteiger partial charge in [0, 0.05) is 31.2 Å². The van der Waals surface area contributed by atoms with Crippen LogP contribution in [0.5, 0.6) is 5.75 Å². The third-order valence-corrected chi connectivity index (χ3v) is 6.49. The smallest absolute Gasteiger partial charge is 0.276 e. The van der Waals surface area contributed by atoms with Crippen LogP contribution < -0.4 is 4.74 Å². The van der Waals surface area contributed by atoms with Gasteiger partial charge < -0.3 is 19.3 Å². The quantitative estimate of drug-likeness (QED) is 0.569. The van der Waals surface area contributed by atoms with E-state index in [9.17, 15) is 9.59 Å². The van der Waals surface area contributed by atoms with Crippen LogP contribution in [-0.2, 0) is 17.9 Å². The van der Waals surface area contributed by atoms with Gasteiger partial charge in [-0.05, 0) is 29.8 Å². The molecule has 2 aromatic carbocycles. The van der Waals surface area contributed by atoms with Crippen LogP contribution in [0.3, 0.4) is 0 Å². The summed E-state index contributed by atoms with van der Waals surface area (Å²) in [6, 6.07) is 14.6. The first-order chi connectivity index (χ1) is 16.5. The predicted molar refractivity (Wildman–Crippen MR) is 124 cm³/mol. The summed E-state index contributed by atoms with van der Waals surface area (Å²) in [7, 11) is 1.55. The van der Waals surface area contributed by atoms with Gasteiger partial charge in [-0.3, -0.25) is 9.59 Å². The molecule has 1 fully saturated rings. The minimum Gasteiger partial charge on any atom is -0.496 e. The van der Waals surface area contributed by atoms with Gasteiger partial charge in [0.25, 0.3) is 11.8 Å². The molecule has 34 heavy (non-hydrogen) atoms. The Kier molecular flexibility index (Phi) is 6.21. The number of benzene rings is 2. The number of aromatic nitrogens is 3. The molecule has 2 aliphatic heterocycles. The molecule has 0 saturated carbocycles. The lowest BCUT2D eigenvalue weighted by atomic mass is 10.1. The molecule has 0 radical (unpaired) electrons. The van der Waals surface area contributed by atoms with E-state index in [1.165, 1.54) is 0 Å². The fourth-order valence-electron chi connectivity index (χ4n) is 4.31. The highest BCUT2D eigenvalue weighted by Crippen LogP contribution is 2.28. The first-order valence-electron chi connectivity index (χ1n) is 11.1. The van der Waals surface area contributed by atoms with Crippen LogP contribution in [0.15, 0.2) is 48.5 Å². The molecule has 0 spiro atoms. The highest BCUT2D eigenvalue weighted by atomic mass is 35.5. The number of fused-ring (bicyclic) bond motifs is 1. The first-order valence-corrected chi connectivity index (χ1v) is 11.4. The van der Waals surface area contributed by atoms with Gasteiger partial charge in [0.15, 0.2) is 5.69 Å². The molecule has 2 aliphatic rings. The Hall–Kier alpha value is -3.43. The molecule has 1 atom stereocenters. The molecule has 10 heteroatoms. The lowest BCUT2D eigenvalue weighted by Gasteiger charge is -2.34. The number of para-hydroxylation sites is 1. The van der Waals surface area contributed by atoms with Gasteiger partial charge in [0.05, 0.1) is 31.5 Å². The molecule has 0 N–H and O–H groups in total. The lowest BCUT2D eigenvalue weighted by molar-refractivity contribution is -0.00202. The molecule has 0 bridgehead atoms. The molecule has 5 rings (SSSR count). The number of carbonyl (C=O) groups excluding carboxylic acids is 2. The fourth-order valence-corrected chi connectivity index (χ4v) is 4.44. The van der Waals surface area contributed by atoms with Crippen LogP contribution in [0.1, 0.15) is 38.2 Å². The van der Waals surface area contributed by atoms with E-state index in [0.29, 0.717) is 60.4 Å². The maximum atomic E-state index is 13.2. The van der Waals surface area contributed by atoms with Crippen molar-refractivity contribution in [3.8, 4) is 5.75 Å². The van der Waals surface area contributed by atoms with Gasteiger partial charge in [-0.1, -0.05) is 41.1 Å². The number of hydrogen-bond acceptors (Lipinski definition) is 6. The average molecular weight is 482 g/mol. The van der Waals surface area contributed by atoms with E-state index in [0.717, 1.165) is 5.56 Å². The summed E-state index contributed by atoms with van der Waals surface area (Å²) in [4.78, 5) is 29.6. The summed E-state index contributed by atoms with van der Waals surface area (Å²) in [5.41, 5.74) is 2.49. The standard InChI is InChI=1S/C24H24ClN5O4/c1-33-20-5-3-2-4-18(20)23(31)28-10-12-29(13-11-28)24(32)22-19-15-34-21(14-30(19)27-26-22)16-6-8-17(25)9-7-16/h2-9,21H,10-15H2,1H3/t21-/m0/s1.